The summed E-state index contributed by atoms with van der Waals surface area (Å²) in [6.45, 7) is 9.30. The third kappa shape index (κ3) is 8.06. The minimum absolute atomic E-state index is 0.140. The fourth-order valence-electron chi connectivity index (χ4n) is 4.12. The number of sulfone groups is 2. The second kappa shape index (κ2) is 14.1. The number of hydrogen-bond donors (Lipinski definition) is 0. The molecule has 0 aromatic heterocycles. The van der Waals surface area contributed by atoms with Gasteiger partial charge < -0.3 is 18.9 Å². The third-order valence-corrected chi connectivity index (χ3v) is 9.91. The number of rotatable bonds is 15. The van der Waals surface area contributed by atoms with Crippen LogP contribution in [0.4, 0.5) is 0 Å². The topological polar surface area (TPSA) is 105 Å². The van der Waals surface area contributed by atoms with Gasteiger partial charge in [0.05, 0.1) is 44.8 Å². The van der Waals surface area contributed by atoms with Crippen molar-refractivity contribution in [2.75, 3.05) is 6.61 Å². The quantitative estimate of drug-likeness (QED) is 0.103. The average Bonchev–Trinajstić information content (AvgIpc) is 3.01. The fraction of sp³-hybridized carbons (Fsp3) is 0.152. The maximum atomic E-state index is 12.9. The van der Waals surface area contributed by atoms with Crippen LogP contribution in [-0.2, 0) is 19.7 Å². The molecular weight excluding hydrogens is 588 g/mol. The largest absolute Gasteiger partial charge is 0.494 e. The standard InChI is InChI=1S/C33H32O8S2/c1-4-38-26-8-16-30(17-9-26)42(34,35)32-20-12-28(13-21-32)40-24-6-7-25(3)41-29-14-22-33(23-15-29)43(36,37)31-18-10-27(11-19-31)39-5-2/h4-5,8-23,25H,1-2,6-7,24H2,3H3. The van der Waals surface area contributed by atoms with Gasteiger partial charge in [-0.05, 0) is 117 Å². The molecule has 8 nitrogen and oxygen atoms in total. The van der Waals surface area contributed by atoms with Crippen LogP contribution >= 0.6 is 0 Å². The minimum Gasteiger partial charge on any atom is -0.494 e. The Morgan fingerprint density at radius 2 is 0.930 bits per heavy atom. The Labute approximate surface area is 252 Å². The fourth-order valence-corrected chi connectivity index (χ4v) is 6.65. The molecule has 0 saturated heterocycles. The van der Waals surface area contributed by atoms with Gasteiger partial charge in [-0.3, -0.25) is 0 Å². The van der Waals surface area contributed by atoms with Crippen molar-refractivity contribution in [1.29, 1.82) is 0 Å². The molecule has 0 bridgehead atoms. The Bertz CT molecular complexity index is 1730. The average molecular weight is 621 g/mol. The molecule has 10 heteroatoms. The van der Waals surface area contributed by atoms with E-state index in [1.807, 2.05) is 6.92 Å². The lowest BCUT2D eigenvalue weighted by atomic mass is 10.2. The Morgan fingerprint density at radius 1 is 0.581 bits per heavy atom. The zero-order chi connectivity index (χ0) is 30.9. The van der Waals surface area contributed by atoms with E-state index in [1.165, 1.54) is 61.1 Å². The van der Waals surface area contributed by atoms with Crippen molar-refractivity contribution in [2.45, 2.75) is 45.5 Å². The van der Waals surface area contributed by atoms with Crippen molar-refractivity contribution in [3.8, 4) is 23.0 Å². The van der Waals surface area contributed by atoms with Gasteiger partial charge in [0.15, 0.2) is 0 Å². The van der Waals surface area contributed by atoms with Gasteiger partial charge in [-0.15, -0.1) is 0 Å². The van der Waals surface area contributed by atoms with Gasteiger partial charge in [0.1, 0.15) is 23.0 Å². The molecule has 1 unspecified atom stereocenters. The minimum atomic E-state index is -3.68. The molecule has 224 valence electrons. The van der Waals surface area contributed by atoms with E-state index < -0.39 is 19.7 Å². The summed E-state index contributed by atoms with van der Waals surface area (Å²) in [4.78, 5) is 0.641. The SMILES string of the molecule is C=COc1ccc(S(=O)(=O)c2ccc(OCCCC(C)Oc3ccc(S(=O)(=O)c4ccc(OC=C)cc4)cc3)cc2)cc1. The summed E-state index contributed by atoms with van der Waals surface area (Å²) in [5.41, 5.74) is 0. The van der Waals surface area contributed by atoms with Crippen LogP contribution in [-0.4, -0.2) is 29.5 Å². The second-order valence-electron chi connectivity index (χ2n) is 9.38. The summed E-state index contributed by atoms with van der Waals surface area (Å²) in [5.74, 6) is 2.11. The molecule has 0 fully saturated rings. The lowest BCUT2D eigenvalue weighted by Gasteiger charge is -2.15. The zero-order valence-electron chi connectivity index (χ0n) is 23.6. The van der Waals surface area contributed by atoms with Gasteiger partial charge in [0.2, 0.25) is 19.7 Å². The van der Waals surface area contributed by atoms with E-state index in [9.17, 15) is 16.8 Å². The molecule has 0 radical (unpaired) electrons. The van der Waals surface area contributed by atoms with E-state index in [-0.39, 0.29) is 25.7 Å². The first-order chi connectivity index (χ1) is 20.6. The monoisotopic (exact) mass is 620 g/mol. The highest BCUT2D eigenvalue weighted by molar-refractivity contribution is 7.91. The van der Waals surface area contributed by atoms with Crippen LogP contribution in [0.3, 0.4) is 0 Å². The lowest BCUT2D eigenvalue weighted by molar-refractivity contribution is 0.193. The van der Waals surface area contributed by atoms with Gasteiger partial charge in [0, 0.05) is 0 Å². The van der Waals surface area contributed by atoms with Gasteiger partial charge in [0.25, 0.3) is 0 Å². The summed E-state index contributed by atoms with van der Waals surface area (Å²) in [6, 6.07) is 24.8. The van der Waals surface area contributed by atoms with E-state index in [1.54, 1.807) is 48.5 Å². The molecule has 0 amide bonds. The maximum Gasteiger partial charge on any atom is 0.206 e. The van der Waals surface area contributed by atoms with Crippen molar-refractivity contribution in [3.63, 3.8) is 0 Å². The van der Waals surface area contributed by atoms with Gasteiger partial charge in [-0.1, -0.05) is 13.2 Å². The molecule has 0 aliphatic heterocycles. The normalized spacial score (nSPS) is 12.1. The molecular formula is C33H32O8S2. The van der Waals surface area contributed by atoms with Crippen molar-refractivity contribution < 1.29 is 35.8 Å². The van der Waals surface area contributed by atoms with Crippen molar-refractivity contribution in [3.05, 3.63) is 123 Å². The highest BCUT2D eigenvalue weighted by Gasteiger charge is 2.19. The van der Waals surface area contributed by atoms with Crippen molar-refractivity contribution in [2.24, 2.45) is 0 Å². The Morgan fingerprint density at radius 3 is 1.30 bits per heavy atom. The van der Waals surface area contributed by atoms with Gasteiger partial charge >= 0.3 is 0 Å². The van der Waals surface area contributed by atoms with E-state index in [2.05, 4.69) is 13.2 Å². The zero-order valence-corrected chi connectivity index (χ0v) is 25.2. The molecule has 1 atom stereocenters. The lowest BCUT2D eigenvalue weighted by Crippen LogP contribution is -2.13. The maximum absolute atomic E-state index is 12.9. The first-order valence-electron chi connectivity index (χ1n) is 13.4. The van der Waals surface area contributed by atoms with Gasteiger partial charge in [-0.2, -0.15) is 0 Å². The molecule has 0 spiro atoms. The second-order valence-corrected chi connectivity index (χ2v) is 13.3. The van der Waals surface area contributed by atoms with E-state index in [0.29, 0.717) is 42.4 Å². The molecule has 0 aliphatic carbocycles. The first-order valence-corrected chi connectivity index (χ1v) is 16.3. The van der Waals surface area contributed by atoms with Gasteiger partial charge in [-0.25, -0.2) is 16.8 Å². The highest BCUT2D eigenvalue weighted by Crippen LogP contribution is 2.27. The van der Waals surface area contributed by atoms with E-state index in [4.69, 9.17) is 18.9 Å². The summed E-state index contributed by atoms with van der Waals surface area (Å²) in [5, 5.41) is 0. The predicted octanol–water partition coefficient (Wildman–Crippen LogP) is 7.02. The Hall–Kier alpha value is -4.54. The van der Waals surface area contributed by atoms with E-state index >= 15 is 0 Å². The third-order valence-electron chi connectivity index (χ3n) is 6.34. The highest BCUT2D eigenvalue weighted by atomic mass is 32.2. The molecule has 4 rings (SSSR count). The molecule has 0 aliphatic rings. The van der Waals surface area contributed by atoms with Crippen LogP contribution in [0.15, 0.2) is 142 Å². The van der Waals surface area contributed by atoms with Crippen LogP contribution < -0.4 is 18.9 Å². The van der Waals surface area contributed by atoms with Crippen molar-refractivity contribution in [1.82, 2.24) is 0 Å². The molecule has 0 N–H and O–H groups in total. The van der Waals surface area contributed by atoms with Crippen LogP contribution in [0.1, 0.15) is 19.8 Å². The first kappa shape index (κ1) is 31.4. The molecule has 4 aromatic carbocycles. The number of ether oxygens (including phenoxy) is 4. The van der Waals surface area contributed by atoms with Crippen molar-refractivity contribution >= 4 is 19.7 Å². The number of hydrogen-bond acceptors (Lipinski definition) is 8. The van der Waals surface area contributed by atoms with E-state index in [0.717, 1.165) is 0 Å². The smallest absolute Gasteiger partial charge is 0.206 e. The summed E-state index contributed by atoms with van der Waals surface area (Å²) in [6.07, 6.45) is 3.79. The van der Waals surface area contributed by atoms with Crippen LogP contribution in [0, 0.1) is 0 Å². The summed E-state index contributed by atoms with van der Waals surface area (Å²) >= 11 is 0. The molecule has 43 heavy (non-hydrogen) atoms. The Balaban J connectivity index is 1.24. The molecule has 0 saturated carbocycles. The van der Waals surface area contributed by atoms with Crippen LogP contribution in [0.5, 0.6) is 23.0 Å². The summed E-state index contributed by atoms with van der Waals surface area (Å²) in [7, 11) is -7.36. The molecule has 4 aromatic rings. The van der Waals surface area contributed by atoms with Crippen LogP contribution in [0.2, 0.25) is 0 Å². The van der Waals surface area contributed by atoms with Crippen LogP contribution in [0.25, 0.3) is 0 Å². The Kier molecular flexibility index (Phi) is 10.3. The number of benzene rings is 4. The predicted molar refractivity (Wildman–Crippen MR) is 163 cm³/mol. The molecule has 0 heterocycles. The summed E-state index contributed by atoms with van der Waals surface area (Å²) < 4.78 is 73.7.